The van der Waals surface area contributed by atoms with Crippen LogP contribution in [0.4, 0.5) is 5.69 Å². The largest absolute Gasteiger partial charge is 0.455 e. The number of benzene rings is 2. The van der Waals surface area contributed by atoms with Gasteiger partial charge < -0.3 is 10.1 Å². The van der Waals surface area contributed by atoms with Gasteiger partial charge in [0.05, 0.1) is 17.4 Å². The lowest BCUT2D eigenvalue weighted by molar-refractivity contribution is -0.144. The van der Waals surface area contributed by atoms with Gasteiger partial charge in [-0.05, 0) is 43.7 Å². The van der Waals surface area contributed by atoms with Gasteiger partial charge in [0.1, 0.15) is 0 Å². The first-order chi connectivity index (χ1) is 12.0. The van der Waals surface area contributed by atoms with Crippen LogP contribution in [-0.4, -0.2) is 24.2 Å². The van der Waals surface area contributed by atoms with Crippen molar-refractivity contribution in [2.24, 2.45) is 0 Å². The van der Waals surface area contributed by atoms with Crippen LogP contribution in [0.3, 0.4) is 0 Å². The first kappa shape index (κ1) is 18.6. The number of aryl methyl sites for hydroxylation is 2. The summed E-state index contributed by atoms with van der Waals surface area (Å²) < 4.78 is 4.98. The number of hydrogen-bond acceptors (Lipinski definition) is 5. The van der Waals surface area contributed by atoms with Gasteiger partial charge >= 0.3 is 5.97 Å². The molecule has 25 heavy (non-hydrogen) atoms. The molecule has 0 heterocycles. The molecule has 0 bridgehead atoms. The second-order valence-corrected chi connectivity index (χ2v) is 6.48. The normalized spacial score (nSPS) is 9.96. The molecule has 5 nitrogen and oxygen atoms in total. The van der Waals surface area contributed by atoms with E-state index < -0.39 is 11.9 Å². The molecule has 0 aromatic heterocycles. The summed E-state index contributed by atoms with van der Waals surface area (Å²) >= 11 is 1.38. The Kier molecular flexibility index (Phi) is 6.61. The Hall–Kier alpha value is -2.78. The fourth-order valence-electron chi connectivity index (χ4n) is 2.15. The predicted octanol–water partition coefficient (Wildman–Crippen LogP) is 3.45. The van der Waals surface area contributed by atoms with E-state index in [2.05, 4.69) is 11.4 Å². The van der Waals surface area contributed by atoms with Crippen LogP contribution in [0.2, 0.25) is 0 Å². The molecule has 0 spiro atoms. The Balaban J connectivity index is 1.77. The topological polar surface area (TPSA) is 79.2 Å². The van der Waals surface area contributed by atoms with E-state index in [9.17, 15) is 9.59 Å². The molecule has 6 heteroatoms. The lowest BCUT2D eigenvalue weighted by atomic mass is 10.2. The Bertz CT molecular complexity index is 828. The zero-order valence-corrected chi connectivity index (χ0v) is 14.9. The van der Waals surface area contributed by atoms with Crippen LogP contribution < -0.4 is 5.32 Å². The number of nitrogens with one attached hydrogen (secondary N) is 1. The van der Waals surface area contributed by atoms with E-state index in [-0.39, 0.29) is 12.4 Å². The van der Waals surface area contributed by atoms with E-state index in [1.54, 1.807) is 24.3 Å². The maximum Gasteiger partial charge on any atom is 0.316 e. The smallest absolute Gasteiger partial charge is 0.316 e. The number of anilines is 1. The highest BCUT2D eigenvalue weighted by atomic mass is 32.2. The number of ether oxygens (including phenoxy) is 1. The van der Waals surface area contributed by atoms with Crippen LogP contribution in [-0.2, 0) is 14.3 Å². The number of esters is 1. The van der Waals surface area contributed by atoms with Crippen molar-refractivity contribution in [3.05, 3.63) is 59.2 Å². The molecule has 0 fully saturated rings. The number of amides is 1. The number of rotatable bonds is 6. The zero-order chi connectivity index (χ0) is 18.2. The van der Waals surface area contributed by atoms with Gasteiger partial charge in [0.25, 0.3) is 5.91 Å². The highest BCUT2D eigenvalue weighted by molar-refractivity contribution is 8.00. The van der Waals surface area contributed by atoms with Crippen molar-refractivity contribution in [3.8, 4) is 6.07 Å². The van der Waals surface area contributed by atoms with Gasteiger partial charge in [-0.3, -0.25) is 9.59 Å². The third kappa shape index (κ3) is 5.98. The summed E-state index contributed by atoms with van der Waals surface area (Å²) in [5.41, 5.74) is 3.21. The standard InChI is InChI=1S/C19H18N2O3S/c1-13-6-7-17(14(2)8-13)25-12-19(23)24-11-18(22)21-16-5-3-4-15(9-16)10-20/h3-9H,11-12H2,1-2H3,(H,21,22). The van der Waals surface area contributed by atoms with E-state index in [1.807, 2.05) is 32.0 Å². The monoisotopic (exact) mass is 354 g/mol. The molecule has 0 saturated carbocycles. The van der Waals surface area contributed by atoms with Gasteiger partial charge in [-0.1, -0.05) is 23.8 Å². The van der Waals surface area contributed by atoms with Gasteiger partial charge in [-0.2, -0.15) is 5.26 Å². The lowest BCUT2D eigenvalue weighted by Gasteiger charge is -2.08. The predicted molar refractivity (Wildman–Crippen MR) is 97.4 cm³/mol. The second-order valence-electron chi connectivity index (χ2n) is 5.46. The lowest BCUT2D eigenvalue weighted by Crippen LogP contribution is -2.21. The van der Waals surface area contributed by atoms with Gasteiger partial charge in [-0.15, -0.1) is 11.8 Å². The number of nitrogens with zero attached hydrogens (tertiary/aromatic N) is 1. The highest BCUT2D eigenvalue weighted by Gasteiger charge is 2.10. The van der Waals surface area contributed by atoms with E-state index in [4.69, 9.17) is 10.00 Å². The van der Waals surface area contributed by atoms with E-state index in [1.165, 1.54) is 17.3 Å². The number of carbonyl (C=O) groups excluding carboxylic acids is 2. The van der Waals surface area contributed by atoms with Crippen LogP contribution in [0.5, 0.6) is 0 Å². The molecule has 2 aromatic rings. The van der Waals surface area contributed by atoms with Crippen LogP contribution in [0, 0.1) is 25.2 Å². The summed E-state index contributed by atoms with van der Waals surface area (Å²) in [6.07, 6.45) is 0. The maximum absolute atomic E-state index is 11.8. The van der Waals surface area contributed by atoms with Crippen molar-refractivity contribution >= 4 is 29.3 Å². The molecule has 0 unspecified atom stereocenters. The minimum Gasteiger partial charge on any atom is -0.455 e. The number of thioether (sulfide) groups is 1. The third-order valence-corrected chi connectivity index (χ3v) is 4.46. The molecule has 0 aliphatic carbocycles. The summed E-state index contributed by atoms with van der Waals surface area (Å²) in [7, 11) is 0. The summed E-state index contributed by atoms with van der Waals surface area (Å²) in [6, 6.07) is 14.5. The quantitative estimate of drug-likeness (QED) is 0.635. The first-order valence-electron chi connectivity index (χ1n) is 7.63. The molecule has 0 aliphatic heterocycles. The van der Waals surface area contributed by atoms with Gasteiger partial charge in [0.2, 0.25) is 0 Å². The van der Waals surface area contributed by atoms with Crippen molar-refractivity contribution < 1.29 is 14.3 Å². The Morgan fingerprint density at radius 1 is 1.20 bits per heavy atom. The van der Waals surface area contributed by atoms with Crippen molar-refractivity contribution in [1.82, 2.24) is 0 Å². The molecule has 0 radical (unpaired) electrons. The summed E-state index contributed by atoms with van der Waals surface area (Å²) in [6.45, 7) is 3.65. The van der Waals surface area contributed by atoms with E-state index >= 15 is 0 Å². The minimum absolute atomic E-state index is 0.140. The van der Waals surface area contributed by atoms with Crippen LogP contribution >= 0.6 is 11.8 Å². The molecule has 128 valence electrons. The van der Waals surface area contributed by atoms with Crippen LogP contribution in [0.1, 0.15) is 16.7 Å². The Morgan fingerprint density at radius 2 is 2.00 bits per heavy atom. The van der Waals surface area contributed by atoms with Gasteiger partial charge in [-0.25, -0.2) is 0 Å². The molecule has 0 saturated heterocycles. The molecular weight excluding hydrogens is 336 g/mol. The van der Waals surface area contributed by atoms with Gasteiger partial charge in [0.15, 0.2) is 6.61 Å². The molecule has 0 aliphatic rings. The first-order valence-corrected chi connectivity index (χ1v) is 8.62. The van der Waals surface area contributed by atoms with Crippen molar-refractivity contribution in [2.75, 3.05) is 17.7 Å². The van der Waals surface area contributed by atoms with E-state index in [0.29, 0.717) is 11.3 Å². The fraction of sp³-hybridized carbons (Fsp3) is 0.211. The fourth-order valence-corrected chi connectivity index (χ4v) is 2.96. The molecule has 1 amide bonds. The Morgan fingerprint density at radius 3 is 2.72 bits per heavy atom. The molecular formula is C19H18N2O3S. The number of hydrogen-bond donors (Lipinski definition) is 1. The summed E-state index contributed by atoms with van der Waals surface area (Å²) in [5.74, 6) is -0.757. The SMILES string of the molecule is Cc1ccc(SCC(=O)OCC(=O)Nc2cccc(C#N)c2)c(C)c1. The van der Waals surface area contributed by atoms with Crippen molar-refractivity contribution in [3.63, 3.8) is 0 Å². The van der Waals surface area contributed by atoms with Crippen molar-refractivity contribution in [2.45, 2.75) is 18.7 Å². The number of nitriles is 1. The maximum atomic E-state index is 11.8. The third-order valence-electron chi connectivity index (χ3n) is 3.32. The molecule has 1 N–H and O–H groups in total. The molecule has 0 atom stereocenters. The van der Waals surface area contributed by atoms with Crippen LogP contribution in [0.25, 0.3) is 0 Å². The zero-order valence-electron chi connectivity index (χ0n) is 14.0. The van der Waals surface area contributed by atoms with Crippen molar-refractivity contribution in [1.29, 1.82) is 5.26 Å². The highest BCUT2D eigenvalue weighted by Crippen LogP contribution is 2.23. The van der Waals surface area contributed by atoms with E-state index in [0.717, 1.165) is 10.5 Å². The molecule has 2 rings (SSSR count). The summed E-state index contributed by atoms with van der Waals surface area (Å²) in [4.78, 5) is 24.6. The second kappa shape index (κ2) is 8.90. The number of carbonyl (C=O) groups is 2. The van der Waals surface area contributed by atoms with Gasteiger partial charge in [0, 0.05) is 10.6 Å². The Labute approximate surface area is 151 Å². The average Bonchev–Trinajstić information content (AvgIpc) is 2.59. The molecule has 2 aromatic carbocycles. The minimum atomic E-state index is -0.453. The van der Waals surface area contributed by atoms with Crippen LogP contribution in [0.15, 0.2) is 47.4 Å². The summed E-state index contributed by atoms with van der Waals surface area (Å²) in [5, 5.41) is 11.4. The average molecular weight is 354 g/mol.